The lowest BCUT2D eigenvalue weighted by Gasteiger charge is -2.42. The minimum Gasteiger partial charge on any atom is -0.493 e. The lowest BCUT2D eigenvalue weighted by Crippen LogP contribution is -2.74. The molecule has 23 heteroatoms. The molecule has 2 unspecified atom stereocenters. The third-order valence-electron chi connectivity index (χ3n) is 8.04. The average Bonchev–Trinajstić information content (AvgIpc) is 3.66. The number of likely N-dealkylation sites (tertiary alicyclic amines) is 1. The molecule has 2 aliphatic heterocycles. The summed E-state index contributed by atoms with van der Waals surface area (Å²) in [5.41, 5.74) is -2.35. The topological polar surface area (TPSA) is 104 Å². The number of imidazole rings is 1. The second kappa shape index (κ2) is 9.94. The van der Waals surface area contributed by atoms with Crippen molar-refractivity contribution in [2.24, 2.45) is 0 Å². The van der Waals surface area contributed by atoms with Gasteiger partial charge in [0.25, 0.3) is 0 Å². The van der Waals surface area contributed by atoms with Crippen molar-refractivity contribution in [1.82, 2.24) is 19.0 Å². The fourth-order valence-corrected chi connectivity index (χ4v) is 5.61. The molecule has 0 aliphatic carbocycles. The highest BCUT2D eigenvalue weighted by molar-refractivity contribution is 5.93. The summed E-state index contributed by atoms with van der Waals surface area (Å²) in [6.07, 6.45) is -7.52. The molecule has 2 atom stereocenters. The Balaban J connectivity index is 1.54. The quantitative estimate of drug-likeness (QED) is 0.304. The number of carbonyl (C=O) groups is 1. The van der Waals surface area contributed by atoms with E-state index in [1.807, 2.05) is 0 Å². The summed E-state index contributed by atoms with van der Waals surface area (Å²) in [6.45, 7) is -1.25. The first-order chi connectivity index (χ1) is 21.7. The smallest absolute Gasteiger partial charge is 0.460 e. The van der Waals surface area contributed by atoms with E-state index in [1.54, 1.807) is 6.07 Å². The van der Waals surface area contributed by atoms with Crippen molar-refractivity contribution in [3.8, 4) is 17.6 Å². The molecule has 8 nitrogen and oxygen atoms in total. The summed E-state index contributed by atoms with van der Waals surface area (Å²) >= 11 is 0. The Labute approximate surface area is 254 Å². The first kappa shape index (κ1) is 34.7. The van der Waals surface area contributed by atoms with Gasteiger partial charge in [-0.25, -0.2) is 14.3 Å². The Morgan fingerprint density at radius 2 is 1.35 bits per heavy atom. The third kappa shape index (κ3) is 4.02. The van der Waals surface area contributed by atoms with Gasteiger partial charge in [-0.05, 0) is 6.42 Å². The molecule has 48 heavy (non-hydrogen) atoms. The number of carbonyl (C=O) groups excluding carboxylic acids is 1. The molecule has 2 aliphatic rings. The monoisotopic (exact) mass is 715 g/mol. The van der Waals surface area contributed by atoms with Gasteiger partial charge < -0.3 is 10.0 Å². The summed E-state index contributed by atoms with van der Waals surface area (Å²) in [5.74, 6) is -53.6. The van der Waals surface area contributed by atoms with Gasteiger partial charge in [0.1, 0.15) is 17.5 Å². The van der Waals surface area contributed by atoms with Gasteiger partial charge in [0.05, 0.1) is 24.0 Å². The van der Waals surface area contributed by atoms with E-state index in [-0.39, 0.29) is 22.2 Å². The number of hydrogen-bond acceptors (Lipinski definition) is 5. The highest BCUT2D eigenvalue weighted by Crippen LogP contribution is 2.63. The van der Waals surface area contributed by atoms with Crippen LogP contribution in [0.2, 0.25) is 0 Å². The van der Waals surface area contributed by atoms with Crippen LogP contribution < -0.4 is 5.69 Å². The molecule has 1 fully saturated rings. The number of alkyl halides is 15. The predicted octanol–water partition coefficient (Wildman–Crippen LogP) is 5.97. The number of benzene rings is 1. The van der Waals surface area contributed by atoms with Crippen LogP contribution in [0.5, 0.6) is 5.88 Å². The van der Waals surface area contributed by atoms with E-state index in [0.717, 1.165) is 6.20 Å². The number of rotatable bonds is 7. The number of aromatic hydroxyl groups is 1. The van der Waals surface area contributed by atoms with Crippen molar-refractivity contribution < 1.29 is 75.8 Å². The molecule has 3 aromatic rings. The molecule has 1 N–H and O–H groups in total. The van der Waals surface area contributed by atoms with Crippen molar-refractivity contribution in [2.45, 2.75) is 60.2 Å². The number of halogens is 15. The summed E-state index contributed by atoms with van der Waals surface area (Å²) in [7, 11) is 0. The maximum atomic E-state index is 14.8. The number of pyridine rings is 1. The largest absolute Gasteiger partial charge is 0.493 e. The number of aromatic nitrogens is 3. The van der Waals surface area contributed by atoms with Crippen molar-refractivity contribution in [2.75, 3.05) is 6.54 Å². The summed E-state index contributed by atoms with van der Waals surface area (Å²) < 4.78 is 206. The van der Waals surface area contributed by atoms with E-state index in [2.05, 4.69) is 4.98 Å². The normalized spacial score (nSPS) is 19.2. The van der Waals surface area contributed by atoms with E-state index < -0.39 is 94.8 Å². The maximum absolute atomic E-state index is 14.8. The molecule has 0 saturated carbocycles. The van der Waals surface area contributed by atoms with Gasteiger partial charge in [0, 0.05) is 17.3 Å². The second-order valence-electron chi connectivity index (χ2n) is 10.7. The lowest BCUT2D eigenvalue weighted by molar-refractivity contribution is -0.450. The van der Waals surface area contributed by atoms with Gasteiger partial charge in [-0.15, -0.1) is 0 Å². The molecular formula is C25H12F15N5O3. The molecule has 0 radical (unpaired) electrons. The first-order valence-corrected chi connectivity index (χ1v) is 12.7. The average molecular weight is 715 g/mol. The van der Waals surface area contributed by atoms with Crippen LogP contribution in [0.15, 0.2) is 35.3 Å². The Morgan fingerprint density at radius 1 is 0.833 bits per heavy atom. The van der Waals surface area contributed by atoms with Crippen molar-refractivity contribution in [3.05, 3.63) is 52.3 Å². The molecule has 1 aromatic carbocycles. The van der Waals surface area contributed by atoms with E-state index in [1.165, 1.54) is 24.3 Å². The van der Waals surface area contributed by atoms with Gasteiger partial charge >= 0.3 is 53.3 Å². The Hall–Kier alpha value is -4.65. The van der Waals surface area contributed by atoms with Crippen LogP contribution >= 0.6 is 0 Å². The van der Waals surface area contributed by atoms with Crippen LogP contribution in [0.4, 0.5) is 65.9 Å². The molecule has 1 saturated heterocycles. The zero-order valence-electron chi connectivity index (χ0n) is 22.6. The van der Waals surface area contributed by atoms with Crippen molar-refractivity contribution in [1.29, 1.82) is 5.26 Å². The van der Waals surface area contributed by atoms with E-state index in [9.17, 15) is 85.8 Å². The van der Waals surface area contributed by atoms with Crippen LogP contribution in [0, 0.1) is 11.3 Å². The fraction of sp³-hybridized carbons (Fsp3) is 0.440. The minimum absolute atomic E-state index is 0.0910. The highest BCUT2D eigenvalue weighted by atomic mass is 19.4. The first-order valence-electron chi connectivity index (χ1n) is 12.7. The number of amides is 1. The fourth-order valence-electron chi connectivity index (χ4n) is 5.61. The summed E-state index contributed by atoms with van der Waals surface area (Å²) in [6, 6.07) is 3.78. The predicted molar refractivity (Wildman–Crippen MR) is 126 cm³/mol. The number of hydrogen-bond donors (Lipinski definition) is 1. The van der Waals surface area contributed by atoms with Gasteiger partial charge in [0.2, 0.25) is 5.88 Å². The second-order valence-corrected chi connectivity index (χ2v) is 10.7. The highest BCUT2D eigenvalue weighted by Gasteiger charge is 2.94. The van der Waals surface area contributed by atoms with Crippen LogP contribution in [0.25, 0.3) is 16.5 Å². The van der Waals surface area contributed by atoms with Crippen LogP contribution in [0.3, 0.4) is 0 Å². The number of nitriles is 1. The molecule has 4 heterocycles. The number of nitrogens with zero attached hydrogens (tertiary/aromatic N) is 5. The molecule has 2 bridgehead atoms. The van der Waals surface area contributed by atoms with Crippen molar-refractivity contribution in [3.63, 3.8) is 0 Å². The van der Waals surface area contributed by atoms with Crippen LogP contribution in [-0.2, 0) is 4.79 Å². The van der Waals surface area contributed by atoms with Gasteiger partial charge in [-0.3, -0.25) is 9.36 Å². The number of fused-ring (bicyclic) bond motifs is 6. The minimum atomic E-state index is -8.57. The summed E-state index contributed by atoms with van der Waals surface area (Å²) in [4.78, 5) is 29.3. The molecule has 2 aromatic heterocycles. The maximum Gasteiger partial charge on any atom is 0.460 e. The molecule has 260 valence electrons. The Bertz CT molecular complexity index is 1940. The molecule has 1 amide bonds. The van der Waals surface area contributed by atoms with Crippen molar-refractivity contribution >= 4 is 16.7 Å². The Morgan fingerprint density at radius 3 is 1.90 bits per heavy atom. The van der Waals surface area contributed by atoms with Crippen LogP contribution in [0.1, 0.15) is 29.9 Å². The third-order valence-corrected chi connectivity index (χ3v) is 8.04. The molecular weight excluding hydrogens is 703 g/mol. The summed E-state index contributed by atoms with van der Waals surface area (Å²) in [5, 5.41) is 20.5. The van der Waals surface area contributed by atoms with Crippen LogP contribution in [-0.4, -0.2) is 78.3 Å². The van der Waals surface area contributed by atoms with E-state index in [0.29, 0.717) is 9.13 Å². The SMILES string of the molecule is N#Cc1ncc(-n2c(O)c3n(c2=O)C2CC3N(C(=O)C(F)(F)C(F)(F)C(F)(F)C(F)(F)C(F)(F)C(F)(F)C(F)(F)F)C2)c2ccccc12. The molecule has 5 rings (SSSR count). The van der Waals surface area contributed by atoms with E-state index in [4.69, 9.17) is 0 Å². The molecule has 0 spiro atoms. The van der Waals surface area contributed by atoms with Gasteiger partial charge in [-0.1, -0.05) is 24.3 Å². The zero-order chi connectivity index (χ0) is 36.4. The standard InChI is InChI=1S/C25H12F15N5O3/c26-19(27,20(28,29)21(30,31)22(32,33)23(34,35)24(36,37)25(38,39)40)17(47)43-8-9-5-13(43)15-16(46)45(18(48)44(9)15)14-7-42-12(6-41)10-3-1-2-4-11(10)14/h1-4,7,9,13,46H,5,8H2. The zero-order valence-corrected chi connectivity index (χ0v) is 22.6. The van der Waals surface area contributed by atoms with Gasteiger partial charge in [0.15, 0.2) is 0 Å². The lowest BCUT2D eigenvalue weighted by atomic mass is 9.90. The van der Waals surface area contributed by atoms with Gasteiger partial charge in [-0.2, -0.15) is 71.1 Å². The van der Waals surface area contributed by atoms with E-state index >= 15 is 0 Å². The Kier molecular flexibility index (Phi) is 7.18.